The summed E-state index contributed by atoms with van der Waals surface area (Å²) >= 11 is 3.65. The van der Waals surface area contributed by atoms with Gasteiger partial charge in [0.25, 0.3) is 0 Å². The highest BCUT2D eigenvalue weighted by molar-refractivity contribution is 7.96. The zero-order valence-corrected chi connectivity index (χ0v) is 7.57. The first-order valence-electron chi connectivity index (χ1n) is 3.25. The lowest BCUT2D eigenvalue weighted by atomic mass is 10.0. The zero-order valence-electron chi connectivity index (χ0n) is 6.68. The zero-order chi connectivity index (χ0) is 8.20. The Morgan fingerprint density at radius 3 is 2.40 bits per heavy atom. The van der Waals surface area contributed by atoms with Gasteiger partial charge in [-0.15, -0.1) is 12.6 Å². The third-order valence-electron chi connectivity index (χ3n) is 1.49. The molecule has 2 nitrogen and oxygen atoms in total. The van der Waals surface area contributed by atoms with Gasteiger partial charge in [-0.05, 0) is 20.3 Å². The van der Waals surface area contributed by atoms with Gasteiger partial charge >= 0.3 is 0 Å². The molecule has 0 aromatic rings. The molecule has 0 rings (SSSR count). The summed E-state index contributed by atoms with van der Waals surface area (Å²) in [5.74, 6) is 0. The van der Waals surface area contributed by atoms with Crippen molar-refractivity contribution in [2.45, 2.75) is 32.3 Å². The van der Waals surface area contributed by atoms with E-state index in [1.165, 1.54) is 0 Å². The normalized spacial score (nSPS) is 11.6. The molecule has 0 bridgehead atoms. The highest BCUT2D eigenvalue weighted by atomic mass is 32.1. The predicted molar refractivity (Wildman–Crippen MR) is 44.3 cm³/mol. The average molecular weight is 162 g/mol. The second-order valence-corrected chi connectivity index (χ2v) is 3.36. The van der Waals surface area contributed by atoms with E-state index in [0.29, 0.717) is 6.42 Å². The average Bonchev–Trinajstić information content (AvgIpc) is 1.85. The van der Waals surface area contributed by atoms with Crippen LogP contribution in [-0.4, -0.2) is 17.8 Å². The lowest BCUT2D eigenvalue weighted by Crippen LogP contribution is -2.22. The van der Waals surface area contributed by atoms with Gasteiger partial charge in [0.1, 0.15) is 0 Å². The molecule has 0 spiro atoms. The molecule has 0 N–H and O–H groups in total. The number of thiol groups is 1. The predicted octanol–water partition coefficient (Wildman–Crippen LogP) is 1.65. The van der Waals surface area contributed by atoms with Gasteiger partial charge in [0.2, 0.25) is 0 Å². The first kappa shape index (κ1) is 9.98. The fourth-order valence-electron chi connectivity index (χ4n) is 0.510. The topological polar surface area (TPSA) is 26.3 Å². The van der Waals surface area contributed by atoms with E-state index in [0.717, 1.165) is 6.42 Å². The SMILES string of the molecule is COC(C)(C)CCC(=O)S. The van der Waals surface area contributed by atoms with Crippen molar-refractivity contribution in [2.24, 2.45) is 0 Å². The summed E-state index contributed by atoms with van der Waals surface area (Å²) in [7, 11) is 1.64. The van der Waals surface area contributed by atoms with Crippen molar-refractivity contribution in [3.8, 4) is 0 Å². The number of carbonyl (C=O) groups excluding carboxylic acids is 1. The van der Waals surface area contributed by atoms with E-state index < -0.39 is 0 Å². The third kappa shape index (κ3) is 4.82. The molecule has 3 heteroatoms. The summed E-state index contributed by atoms with van der Waals surface area (Å²) in [5.41, 5.74) is -0.196. The van der Waals surface area contributed by atoms with Crippen LogP contribution in [-0.2, 0) is 9.53 Å². The Labute approximate surface area is 67.4 Å². The molecule has 0 aliphatic carbocycles. The number of ether oxygens (including phenoxy) is 1. The van der Waals surface area contributed by atoms with Crippen LogP contribution in [0.4, 0.5) is 0 Å². The second-order valence-electron chi connectivity index (χ2n) is 2.86. The van der Waals surface area contributed by atoms with Crippen molar-refractivity contribution in [3.63, 3.8) is 0 Å². The molecule has 0 aromatic heterocycles. The molecule has 0 saturated carbocycles. The second kappa shape index (κ2) is 3.98. The first-order valence-corrected chi connectivity index (χ1v) is 3.69. The lowest BCUT2D eigenvalue weighted by Gasteiger charge is -2.21. The van der Waals surface area contributed by atoms with E-state index in [9.17, 15) is 4.79 Å². The van der Waals surface area contributed by atoms with Crippen LogP contribution < -0.4 is 0 Å². The number of rotatable bonds is 4. The fraction of sp³-hybridized carbons (Fsp3) is 0.857. The van der Waals surface area contributed by atoms with E-state index in [2.05, 4.69) is 12.6 Å². The Morgan fingerprint density at radius 2 is 2.10 bits per heavy atom. The summed E-state index contributed by atoms with van der Waals surface area (Å²) < 4.78 is 5.10. The molecular weight excluding hydrogens is 148 g/mol. The van der Waals surface area contributed by atoms with Crippen LogP contribution in [0.25, 0.3) is 0 Å². The van der Waals surface area contributed by atoms with Gasteiger partial charge in [0.05, 0.1) is 5.60 Å². The van der Waals surface area contributed by atoms with E-state index in [-0.39, 0.29) is 10.7 Å². The molecule has 0 atom stereocenters. The Kier molecular flexibility index (Phi) is 3.98. The molecule has 0 amide bonds. The quantitative estimate of drug-likeness (QED) is 0.636. The van der Waals surface area contributed by atoms with Crippen LogP contribution in [0.1, 0.15) is 26.7 Å². The van der Waals surface area contributed by atoms with Crippen molar-refractivity contribution in [2.75, 3.05) is 7.11 Å². The molecule has 0 radical (unpaired) electrons. The van der Waals surface area contributed by atoms with Crippen LogP contribution in [0.2, 0.25) is 0 Å². The molecule has 0 aliphatic heterocycles. The molecule has 0 aromatic carbocycles. The summed E-state index contributed by atoms with van der Waals surface area (Å²) in [6.45, 7) is 3.90. The number of hydrogen-bond donors (Lipinski definition) is 1. The Morgan fingerprint density at radius 1 is 1.60 bits per heavy atom. The number of carbonyl (C=O) groups is 1. The standard InChI is InChI=1S/C7H14O2S/c1-7(2,9-3)5-4-6(8)10/h4-5H2,1-3H3,(H,8,10). The van der Waals surface area contributed by atoms with Crippen LogP contribution in [0, 0.1) is 0 Å². The Hall–Kier alpha value is -0.0200. The molecule has 0 aliphatic rings. The van der Waals surface area contributed by atoms with Gasteiger partial charge in [-0.3, -0.25) is 4.79 Å². The minimum Gasteiger partial charge on any atom is -0.379 e. The van der Waals surface area contributed by atoms with E-state index in [4.69, 9.17) is 4.74 Å². The van der Waals surface area contributed by atoms with E-state index >= 15 is 0 Å². The number of methoxy groups -OCH3 is 1. The Bertz CT molecular complexity index is 121. The highest BCUT2D eigenvalue weighted by Crippen LogP contribution is 2.15. The van der Waals surface area contributed by atoms with E-state index in [1.807, 2.05) is 13.8 Å². The summed E-state index contributed by atoms with van der Waals surface area (Å²) in [6.07, 6.45) is 1.20. The Balaban J connectivity index is 3.56. The molecule has 10 heavy (non-hydrogen) atoms. The molecule has 0 heterocycles. The monoisotopic (exact) mass is 162 g/mol. The van der Waals surface area contributed by atoms with Crippen molar-refractivity contribution >= 4 is 17.7 Å². The van der Waals surface area contributed by atoms with Crippen molar-refractivity contribution in [1.29, 1.82) is 0 Å². The first-order chi connectivity index (χ1) is 4.48. The minimum absolute atomic E-state index is 0.0786. The van der Waals surface area contributed by atoms with Gasteiger partial charge in [0.15, 0.2) is 5.12 Å². The van der Waals surface area contributed by atoms with Gasteiger partial charge < -0.3 is 4.74 Å². The fourth-order valence-corrected chi connectivity index (χ4v) is 0.622. The summed E-state index contributed by atoms with van der Waals surface area (Å²) in [5, 5.41) is -0.0786. The molecule has 0 unspecified atom stereocenters. The van der Waals surface area contributed by atoms with Crippen molar-refractivity contribution < 1.29 is 9.53 Å². The largest absolute Gasteiger partial charge is 0.379 e. The smallest absolute Gasteiger partial charge is 0.186 e. The highest BCUT2D eigenvalue weighted by Gasteiger charge is 2.16. The van der Waals surface area contributed by atoms with Gasteiger partial charge in [-0.1, -0.05) is 0 Å². The molecule has 0 saturated heterocycles. The maximum atomic E-state index is 10.4. The summed E-state index contributed by atoms with van der Waals surface area (Å²) in [6, 6.07) is 0. The molecular formula is C7H14O2S. The minimum atomic E-state index is -0.196. The maximum Gasteiger partial charge on any atom is 0.186 e. The van der Waals surface area contributed by atoms with Crippen LogP contribution in [0.3, 0.4) is 0 Å². The van der Waals surface area contributed by atoms with Crippen LogP contribution >= 0.6 is 12.6 Å². The van der Waals surface area contributed by atoms with Crippen LogP contribution in [0.5, 0.6) is 0 Å². The van der Waals surface area contributed by atoms with Gasteiger partial charge in [-0.25, -0.2) is 0 Å². The molecule has 60 valence electrons. The third-order valence-corrected chi connectivity index (χ3v) is 1.72. The van der Waals surface area contributed by atoms with E-state index in [1.54, 1.807) is 7.11 Å². The number of hydrogen-bond acceptors (Lipinski definition) is 2. The van der Waals surface area contributed by atoms with Gasteiger partial charge in [-0.2, -0.15) is 0 Å². The van der Waals surface area contributed by atoms with Crippen molar-refractivity contribution in [3.05, 3.63) is 0 Å². The molecule has 0 fully saturated rings. The van der Waals surface area contributed by atoms with Crippen LogP contribution in [0.15, 0.2) is 0 Å². The summed E-state index contributed by atoms with van der Waals surface area (Å²) in [4.78, 5) is 10.4. The van der Waals surface area contributed by atoms with Crippen molar-refractivity contribution in [1.82, 2.24) is 0 Å². The maximum absolute atomic E-state index is 10.4. The van der Waals surface area contributed by atoms with Gasteiger partial charge in [0, 0.05) is 13.5 Å². The lowest BCUT2D eigenvalue weighted by molar-refractivity contribution is -0.112.